The molecule has 34 heavy (non-hydrogen) atoms. The monoisotopic (exact) mass is 450 g/mol. The van der Waals surface area contributed by atoms with Crippen LogP contribution in [0.1, 0.15) is 17.5 Å². The molecule has 1 saturated carbocycles. The number of H-pyrrole nitrogens is 1. The molecule has 1 fully saturated rings. The highest BCUT2D eigenvalue weighted by Gasteiger charge is 2.48. The molecule has 2 aliphatic rings. The Morgan fingerprint density at radius 3 is 2.62 bits per heavy atom. The molecule has 168 valence electrons. The van der Waals surface area contributed by atoms with E-state index in [4.69, 9.17) is 5.73 Å². The Bertz CT molecular complexity index is 1420. The van der Waals surface area contributed by atoms with E-state index in [9.17, 15) is 4.79 Å². The van der Waals surface area contributed by atoms with Gasteiger partial charge in [-0.1, -0.05) is 24.0 Å². The van der Waals surface area contributed by atoms with E-state index in [0.29, 0.717) is 22.9 Å². The maximum absolute atomic E-state index is 12.1. The predicted molar refractivity (Wildman–Crippen MR) is 128 cm³/mol. The molecule has 5 N–H and O–H groups in total. The maximum atomic E-state index is 12.1. The quantitative estimate of drug-likeness (QED) is 0.318. The van der Waals surface area contributed by atoms with Crippen molar-refractivity contribution >= 4 is 34.5 Å². The summed E-state index contributed by atoms with van der Waals surface area (Å²) < 4.78 is 0. The van der Waals surface area contributed by atoms with Gasteiger partial charge in [0.15, 0.2) is 11.5 Å². The molecule has 0 aliphatic heterocycles. The Labute approximate surface area is 195 Å². The number of imidazole rings is 1. The summed E-state index contributed by atoms with van der Waals surface area (Å²) in [7, 11) is 0. The summed E-state index contributed by atoms with van der Waals surface area (Å²) in [6.45, 7) is 0. The van der Waals surface area contributed by atoms with E-state index < -0.39 is 0 Å². The molecule has 1 amide bonds. The summed E-state index contributed by atoms with van der Waals surface area (Å²) in [5, 5.41) is 6.69. The molecule has 1 aromatic carbocycles. The van der Waals surface area contributed by atoms with Gasteiger partial charge in [0.05, 0.1) is 18.3 Å². The van der Waals surface area contributed by atoms with Crippen LogP contribution in [0.3, 0.4) is 0 Å². The number of amides is 1. The molecule has 0 spiro atoms. The number of aromatic amines is 1. The number of hydrogen-bond acceptors (Lipinski definition) is 7. The fourth-order valence-electron chi connectivity index (χ4n) is 4.87. The van der Waals surface area contributed by atoms with E-state index in [1.807, 2.05) is 24.3 Å². The van der Waals surface area contributed by atoms with Crippen molar-refractivity contribution in [1.82, 2.24) is 24.9 Å². The number of aromatic nitrogens is 5. The van der Waals surface area contributed by atoms with Crippen LogP contribution in [-0.2, 0) is 11.2 Å². The summed E-state index contributed by atoms with van der Waals surface area (Å²) in [4.78, 5) is 32.8. The molecule has 9 nitrogen and oxygen atoms in total. The number of carbonyl (C=O) groups excluding carboxylic acids is 1. The zero-order valence-corrected chi connectivity index (χ0v) is 18.2. The summed E-state index contributed by atoms with van der Waals surface area (Å²) >= 11 is 0. The third-order valence-electron chi connectivity index (χ3n) is 6.50. The Hall–Kier alpha value is -4.45. The maximum Gasteiger partial charge on any atom is 0.231 e. The number of rotatable bonds is 7. The molecule has 4 unspecified atom stereocenters. The summed E-state index contributed by atoms with van der Waals surface area (Å²) in [6, 6.07) is 12.0. The van der Waals surface area contributed by atoms with Crippen molar-refractivity contribution < 1.29 is 4.79 Å². The van der Waals surface area contributed by atoms with Crippen LogP contribution in [-0.4, -0.2) is 36.9 Å². The molecule has 2 bridgehead atoms. The van der Waals surface area contributed by atoms with Gasteiger partial charge in [0, 0.05) is 29.9 Å². The molecule has 4 aromatic rings. The second kappa shape index (κ2) is 8.15. The fourth-order valence-corrected chi connectivity index (χ4v) is 4.87. The van der Waals surface area contributed by atoms with Crippen LogP contribution in [0.4, 0.5) is 17.5 Å². The average Bonchev–Trinajstić information content (AvgIpc) is 3.57. The number of nitrogens with two attached hydrogens (primary N) is 1. The lowest BCUT2D eigenvalue weighted by molar-refractivity contribution is -0.122. The molecule has 9 heteroatoms. The van der Waals surface area contributed by atoms with Crippen LogP contribution >= 0.6 is 0 Å². The zero-order chi connectivity index (χ0) is 23.1. The third-order valence-corrected chi connectivity index (χ3v) is 6.50. The summed E-state index contributed by atoms with van der Waals surface area (Å²) in [5.74, 6) is 6.74. The first kappa shape index (κ1) is 20.2. The third kappa shape index (κ3) is 3.69. The van der Waals surface area contributed by atoms with Gasteiger partial charge in [0.25, 0.3) is 0 Å². The van der Waals surface area contributed by atoms with Gasteiger partial charge in [0.1, 0.15) is 5.52 Å². The molecule has 3 aromatic heterocycles. The molecule has 4 atom stereocenters. The van der Waals surface area contributed by atoms with Crippen molar-refractivity contribution in [2.45, 2.75) is 18.9 Å². The number of pyridine rings is 1. The van der Waals surface area contributed by atoms with Crippen molar-refractivity contribution in [2.24, 2.45) is 23.5 Å². The van der Waals surface area contributed by atoms with E-state index in [1.54, 1.807) is 18.7 Å². The number of benzene rings is 1. The van der Waals surface area contributed by atoms with E-state index in [2.05, 4.69) is 59.5 Å². The van der Waals surface area contributed by atoms with Crippen molar-refractivity contribution in [3.63, 3.8) is 0 Å². The van der Waals surface area contributed by atoms with Gasteiger partial charge in [0.2, 0.25) is 11.9 Å². The number of hydrogen-bond donors (Lipinski definition) is 4. The van der Waals surface area contributed by atoms with Gasteiger partial charge >= 0.3 is 0 Å². The molecular weight excluding hydrogens is 428 g/mol. The Morgan fingerprint density at radius 1 is 1.06 bits per heavy atom. The lowest BCUT2D eigenvalue weighted by Crippen LogP contribution is -2.41. The SMILES string of the molecule is NC(=O)C1C2C#CC(C2)C1Nc1nc(Nc2ccc(Cc3ccncc3)cc2)nc2nc[nH]c12. The normalized spacial score (nSPS) is 22.4. The number of nitrogens with zero attached hydrogens (tertiary/aromatic N) is 4. The van der Waals surface area contributed by atoms with Crippen molar-refractivity contribution in [1.29, 1.82) is 0 Å². The second-order valence-electron chi connectivity index (χ2n) is 8.69. The van der Waals surface area contributed by atoms with Gasteiger partial charge in [-0.3, -0.25) is 9.78 Å². The first-order valence-electron chi connectivity index (χ1n) is 11.2. The van der Waals surface area contributed by atoms with Crippen LogP contribution in [0.25, 0.3) is 11.2 Å². The Morgan fingerprint density at radius 2 is 1.82 bits per heavy atom. The molecule has 3 heterocycles. The van der Waals surface area contributed by atoms with Crippen molar-refractivity contribution in [2.75, 3.05) is 10.6 Å². The molecule has 2 aliphatic carbocycles. The van der Waals surface area contributed by atoms with Crippen molar-refractivity contribution in [3.05, 3.63) is 66.2 Å². The smallest absolute Gasteiger partial charge is 0.231 e. The standard InChI is InChI=1S/C25H22N8O/c26-22(34)19-16-3-4-17(12-16)20(19)31-24-21-23(29-13-28-21)32-25(33-24)30-18-5-1-14(2-6-18)11-15-7-9-27-10-8-15/h1-2,5-10,13,16-17,19-20H,11-12H2,(H2,26,34)(H3,28,29,30,31,32,33). The predicted octanol–water partition coefficient (Wildman–Crippen LogP) is 2.62. The number of anilines is 3. The van der Waals surface area contributed by atoms with E-state index in [0.717, 1.165) is 18.5 Å². The minimum Gasteiger partial charge on any atom is -0.369 e. The Kier molecular flexibility index (Phi) is 4.84. The van der Waals surface area contributed by atoms with Gasteiger partial charge in [-0.2, -0.15) is 9.97 Å². The van der Waals surface area contributed by atoms with Crippen molar-refractivity contribution in [3.8, 4) is 11.8 Å². The van der Waals surface area contributed by atoms with Crippen LogP contribution in [0.15, 0.2) is 55.1 Å². The zero-order valence-electron chi connectivity index (χ0n) is 18.2. The lowest BCUT2D eigenvalue weighted by atomic mass is 9.89. The van der Waals surface area contributed by atoms with Gasteiger partial charge < -0.3 is 21.4 Å². The minimum absolute atomic E-state index is 0.00218. The number of fused-ring (bicyclic) bond motifs is 3. The fraction of sp³-hybridized carbons (Fsp3) is 0.240. The summed E-state index contributed by atoms with van der Waals surface area (Å²) in [6.07, 6.45) is 6.83. The average molecular weight is 451 g/mol. The van der Waals surface area contributed by atoms with Crippen LogP contribution < -0.4 is 16.4 Å². The van der Waals surface area contributed by atoms with Gasteiger partial charge in [-0.05, 0) is 48.2 Å². The molecule has 6 rings (SSSR count). The van der Waals surface area contributed by atoms with Crippen LogP contribution in [0.5, 0.6) is 0 Å². The van der Waals surface area contributed by atoms with Gasteiger partial charge in [-0.25, -0.2) is 4.98 Å². The summed E-state index contributed by atoms with van der Waals surface area (Å²) in [5.41, 5.74) is 10.2. The van der Waals surface area contributed by atoms with Gasteiger partial charge in [-0.15, -0.1) is 0 Å². The highest BCUT2D eigenvalue weighted by atomic mass is 16.1. The highest BCUT2D eigenvalue weighted by molar-refractivity contribution is 5.86. The van der Waals surface area contributed by atoms with E-state index in [-0.39, 0.29) is 29.7 Å². The molecule has 0 saturated heterocycles. The first-order chi connectivity index (χ1) is 16.6. The Balaban J connectivity index is 1.24. The number of nitrogens with one attached hydrogen (secondary N) is 3. The topological polar surface area (TPSA) is 134 Å². The van der Waals surface area contributed by atoms with Crippen LogP contribution in [0, 0.1) is 29.6 Å². The number of primary amides is 1. The van der Waals surface area contributed by atoms with Crippen LogP contribution in [0.2, 0.25) is 0 Å². The molecule has 0 radical (unpaired) electrons. The highest BCUT2D eigenvalue weighted by Crippen LogP contribution is 2.41. The van der Waals surface area contributed by atoms with E-state index >= 15 is 0 Å². The largest absolute Gasteiger partial charge is 0.369 e. The first-order valence-corrected chi connectivity index (χ1v) is 11.2. The second-order valence-corrected chi connectivity index (χ2v) is 8.69. The molecular formula is C25H22N8O. The number of carbonyl (C=O) groups is 1. The minimum atomic E-state index is -0.344. The lowest BCUT2D eigenvalue weighted by Gasteiger charge is -2.25. The van der Waals surface area contributed by atoms with E-state index in [1.165, 1.54) is 11.1 Å².